The van der Waals surface area contributed by atoms with Gasteiger partial charge in [-0.2, -0.15) is 4.98 Å². The monoisotopic (exact) mass is 356 g/mol. The summed E-state index contributed by atoms with van der Waals surface area (Å²) in [6.07, 6.45) is 3.01. The number of methoxy groups -OCH3 is 1. The van der Waals surface area contributed by atoms with Gasteiger partial charge in [-0.1, -0.05) is 13.3 Å². The Morgan fingerprint density at radius 2 is 1.92 bits per heavy atom. The van der Waals surface area contributed by atoms with Gasteiger partial charge in [0, 0.05) is 19.5 Å². The van der Waals surface area contributed by atoms with E-state index in [2.05, 4.69) is 14.7 Å². The van der Waals surface area contributed by atoms with E-state index in [9.17, 15) is 14.4 Å². The lowest BCUT2D eigenvalue weighted by molar-refractivity contribution is -0.140. The van der Waals surface area contributed by atoms with E-state index in [4.69, 9.17) is 11.6 Å². The van der Waals surface area contributed by atoms with Gasteiger partial charge in [0.05, 0.1) is 7.11 Å². The quantitative estimate of drug-likeness (QED) is 0.440. The van der Waals surface area contributed by atoms with E-state index in [1.807, 2.05) is 6.92 Å². The van der Waals surface area contributed by atoms with E-state index in [1.54, 1.807) is 0 Å². The predicted molar refractivity (Wildman–Crippen MR) is 90.4 cm³/mol. The maximum atomic E-state index is 12.6. The topological polar surface area (TPSA) is 99.0 Å². The zero-order valence-electron chi connectivity index (χ0n) is 13.8. The average Bonchev–Trinajstić information content (AvgIpc) is 2.95. The van der Waals surface area contributed by atoms with E-state index in [-0.39, 0.29) is 35.4 Å². The lowest BCUT2D eigenvalue weighted by Crippen LogP contribution is -2.40. The first kappa shape index (κ1) is 18.3. The molecular weight excluding hydrogens is 336 g/mol. The number of aryl methyl sites for hydroxylation is 1. The molecule has 2 rings (SSSR count). The lowest BCUT2D eigenvalue weighted by Gasteiger charge is -2.10. The van der Waals surface area contributed by atoms with Gasteiger partial charge in [0.25, 0.3) is 5.56 Å². The summed E-state index contributed by atoms with van der Waals surface area (Å²) < 4.78 is 7.22. The molecular formula is C15H21ClN4O4. The zero-order chi connectivity index (χ0) is 17.7. The Labute approximate surface area is 143 Å². The predicted octanol–water partition coefficient (Wildman–Crippen LogP) is 1.68. The number of fused-ring (bicyclic) bond motifs is 1. The first-order chi connectivity index (χ1) is 11.5. The number of hydrogen-bond acceptors (Lipinski definition) is 5. The highest BCUT2D eigenvalue weighted by Crippen LogP contribution is 2.10. The summed E-state index contributed by atoms with van der Waals surface area (Å²) in [6, 6.07) is 0. The lowest BCUT2D eigenvalue weighted by atomic mass is 10.2. The molecule has 0 aliphatic rings. The van der Waals surface area contributed by atoms with Crippen LogP contribution < -0.4 is 11.2 Å². The van der Waals surface area contributed by atoms with Crippen molar-refractivity contribution in [3.8, 4) is 0 Å². The molecule has 9 heteroatoms. The number of aromatic nitrogens is 4. The van der Waals surface area contributed by atoms with Crippen molar-refractivity contribution >= 4 is 28.7 Å². The number of nitrogens with zero attached hydrogens (tertiary/aromatic N) is 3. The number of carbonyl (C=O) groups is 1. The van der Waals surface area contributed by atoms with Crippen molar-refractivity contribution in [2.75, 3.05) is 7.11 Å². The number of esters is 1. The Morgan fingerprint density at radius 1 is 1.21 bits per heavy atom. The van der Waals surface area contributed by atoms with Crippen molar-refractivity contribution in [3.05, 3.63) is 26.1 Å². The summed E-state index contributed by atoms with van der Waals surface area (Å²) in [5, 5.41) is 0.0789. The summed E-state index contributed by atoms with van der Waals surface area (Å²) >= 11 is 5.86. The van der Waals surface area contributed by atoms with Gasteiger partial charge in [0.2, 0.25) is 5.28 Å². The van der Waals surface area contributed by atoms with E-state index in [0.29, 0.717) is 19.4 Å². The number of carbonyl (C=O) groups excluding carboxylic acids is 1. The third-order valence-electron chi connectivity index (χ3n) is 3.81. The molecule has 0 fully saturated rings. The third-order valence-corrected chi connectivity index (χ3v) is 3.99. The standard InChI is InChI=1S/C15H21ClN4O4/c1-3-4-8-19-12-11(17-14(16)18-12)13(22)20(15(19)23)9-6-5-7-10(21)24-2/h3-9H2,1-2H3,(H,17,18). The number of unbranched alkanes of at least 4 members (excludes halogenated alkanes) is 2. The van der Waals surface area contributed by atoms with Crippen molar-refractivity contribution in [2.45, 2.75) is 52.1 Å². The summed E-state index contributed by atoms with van der Waals surface area (Å²) in [6.45, 7) is 2.71. The molecule has 0 saturated heterocycles. The van der Waals surface area contributed by atoms with E-state index < -0.39 is 11.2 Å². The number of nitrogens with one attached hydrogen (secondary N) is 1. The Kier molecular flexibility index (Phi) is 6.19. The Morgan fingerprint density at radius 3 is 2.58 bits per heavy atom. The van der Waals surface area contributed by atoms with Gasteiger partial charge in [-0.05, 0) is 30.9 Å². The second-order valence-corrected chi connectivity index (χ2v) is 5.86. The molecule has 2 aromatic rings. The number of rotatable bonds is 8. The zero-order valence-corrected chi connectivity index (χ0v) is 14.6. The molecule has 0 radical (unpaired) electrons. The Balaban J connectivity index is 2.33. The van der Waals surface area contributed by atoms with Gasteiger partial charge >= 0.3 is 11.7 Å². The summed E-state index contributed by atoms with van der Waals surface area (Å²) in [5.74, 6) is -0.307. The van der Waals surface area contributed by atoms with Crippen LogP contribution in [0.3, 0.4) is 0 Å². The molecule has 0 atom stereocenters. The molecule has 0 saturated carbocycles. The van der Waals surface area contributed by atoms with Crippen LogP contribution in [0.2, 0.25) is 5.28 Å². The molecule has 0 aromatic carbocycles. The minimum absolute atomic E-state index is 0.0789. The highest BCUT2D eigenvalue weighted by atomic mass is 35.5. The molecule has 0 aliphatic carbocycles. The van der Waals surface area contributed by atoms with Crippen LogP contribution in [0.4, 0.5) is 0 Å². The van der Waals surface area contributed by atoms with E-state index in [0.717, 1.165) is 12.8 Å². The number of ether oxygens (including phenoxy) is 1. The number of aromatic amines is 1. The minimum atomic E-state index is -0.444. The van der Waals surface area contributed by atoms with Crippen LogP contribution in [0.25, 0.3) is 11.2 Å². The maximum absolute atomic E-state index is 12.6. The molecule has 0 unspecified atom stereocenters. The van der Waals surface area contributed by atoms with Crippen molar-refractivity contribution in [3.63, 3.8) is 0 Å². The van der Waals surface area contributed by atoms with Gasteiger partial charge in [-0.3, -0.25) is 18.7 Å². The van der Waals surface area contributed by atoms with Crippen LogP contribution in [-0.4, -0.2) is 32.2 Å². The minimum Gasteiger partial charge on any atom is -0.469 e. The van der Waals surface area contributed by atoms with Gasteiger partial charge in [-0.25, -0.2) is 4.79 Å². The van der Waals surface area contributed by atoms with E-state index in [1.165, 1.54) is 16.2 Å². The van der Waals surface area contributed by atoms with Gasteiger partial charge in [0.1, 0.15) is 0 Å². The van der Waals surface area contributed by atoms with Crippen LogP contribution in [-0.2, 0) is 22.6 Å². The van der Waals surface area contributed by atoms with Gasteiger partial charge in [-0.15, -0.1) is 0 Å². The third kappa shape index (κ3) is 3.87. The Hall–Kier alpha value is -2.09. The summed E-state index contributed by atoms with van der Waals surface area (Å²) in [5.41, 5.74) is -0.333. The van der Waals surface area contributed by atoms with Crippen LogP contribution in [0.5, 0.6) is 0 Å². The van der Waals surface area contributed by atoms with Gasteiger partial charge < -0.3 is 9.72 Å². The molecule has 0 aliphatic heterocycles. The first-order valence-corrected chi connectivity index (χ1v) is 8.33. The molecule has 2 aromatic heterocycles. The summed E-state index contributed by atoms with van der Waals surface area (Å²) in [4.78, 5) is 43.0. The van der Waals surface area contributed by atoms with Crippen LogP contribution in [0.1, 0.15) is 39.0 Å². The van der Waals surface area contributed by atoms with Crippen LogP contribution in [0.15, 0.2) is 9.59 Å². The molecule has 0 bridgehead atoms. The highest BCUT2D eigenvalue weighted by Gasteiger charge is 2.16. The number of hydrogen-bond donors (Lipinski definition) is 1. The van der Waals surface area contributed by atoms with Gasteiger partial charge in [0.15, 0.2) is 11.2 Å². The highest BCUT2D eigenvalue weighted by molar-refractivity contribution is 6.28. The molecule has 1 N–H and O–H groups in total. The number of halogens is 1. The number of H-pyrrole nitrogens is 1. The average molecular weight is 357 g/mol. The molecule has 0 spiro atoms. The smallest absolute Gasteiger partial charge is 0.332 e. The largest absolute Gasteiger partial charge is 0.469 e. The first-order valence-electron chi connectivity index (χ1n) is 7.95. The second-order valence-electron chi connectivity index (χ2n) is 5.50. The molecule has 24 heavy (non-hydrogen) atoms. The fourth-order valence-electron chi connectivity index (χ4n) is 2.49. The second kappa shape index (κ2) is 8.14. The fraction of sp³-hybridized carbons (Fsp3) is 0.600. The molecule has 2 heterocycles. The van der Waals surface area contributed by atoms with E-state index >= 15 is 0 Å². The fourth-order valence-corrected chi connectivity index (χ4v) is 2.67. The van der Waals surface area contributed by atoms with Crippen molar-refractivity contribution in [2.24, 2.45) is 0 Å². The summed E-state index contributed by atoms with van der Waals surface area (Å²) in [7, 11) is 1.33. The molecule has 0 amide bonds. The van der Waals surface area contributed by atoms with Crippen LogP contribution >= 0.6 is 11.6 Å². The van der Waals surface area contributed by atoms with Crippen LogP contribution in [0, 0.1) is 0 Å². The SMILES string of the molecule is CCCCn1c(=O)n(CCCCC(=O)OC)c(=O)c2[nH]c(Cl)nc21. The maximum Gasteiger partial charge on any atom is 0.332 e. The number of imidazole rings is 1. The van der Waals surface area contributed by atoms with Crippen molar-refractivity contribution in [1.29, 1.82) is 0 Å². The molecule has 8 nitrogen and oxygen atoms in total. The normalized spacial score (nSPS) is 11.1. The van der Waals surface area contributed by atoms with Crippen molar-refractivity contribution < 1.29 is 9.53 Å². The Bertz CT molecular complexity index is 836. The van der Waals surface area contributed by atoms with Crippen molar-refractivity contribution in [1.82, 2.24) is 19.1 Å². The molecule has 132 valence electrons.